The number of rotatable bonds is 2. The van der Waals surface area contributed by atoms with Crippen LogP contribution in [0.5, 0.6) is 0 Å². The number of carbonyl (C=O) groups excluding carboxylic acids is 2. The second-order valence-electron chi connectivity index (χ2n) is 7.28. The first kappa shape index (κ1) is 17.5. The van der Waals surface area contributed by atoms with Crippen LogP contribution in [0.15, 0.2) is 40.5 Å². The smallest absolute Gasteiger partial charge is 0.273 e. The van der Waals surface area contributed by atoms with Crippen LogP contribution >= 0.6 is 22.7 Å². The average molecular weight is 411 g/mol. The van der Waals surface area contributed by atoms with Crippen LogP contribution in [0.3, 0.4) is 0 Å². The lowest BCUT2D eigenvalue weighted by molar-refractivity contribution is 0.0779. The minimum absolute atomic E-state index is 0.00715. The van der Waals surface area contributed by atoms with Crippen LogP contribution in [0, 0.1) is 6.92 Å². The third-order valence-corrected chi connectivity index (χ3v) is 6.99. The third kappa shape index (κ3) is 2.67. The Hall–Kier alpha value is -2.58. The number of thiophene rings is 1. The fraction of sp³-hybridized carbons (Fsp3) is 0.300. The number of aromatic nitrogens is 2. The number of amides is 2. The molecule has 0 unspecified atom stereocenters. The molecule has 5 rings (SSSR count). The SMILES string of the molecule is Cc1nc(C(=O)N2CC[C@@]3(C2)CN(C(=O)c2ccsc2)c2cccnc23)cs1. The van der Waals surface area contributed by atoms with E-state index in [-0.39, 0.29) is 17.2 Å². The number of aryl methyl sites for hydroxylation is 1. The predicted molar refractivity (Wildman–Crippen MR) is 109 cm³/mol. The molecule has 0 aliphatic carbocycles. The van der Waals surface area contributed by atoms with Crippen molar-refractivity contribution in [3.8, 4) is 0 Å². The molecule has 0 aromatic carbocycles. The van der Waals surface area contributed by atoms with Crippen LogP contribution in [-0.4, -0.2) is 46.3 Å². The summed E-state index contributed by atoms with van der Waals surface area (Å²) in [4.78, 5) is 38.6. The van der Waals surface area contributed by atoms with E-state index in [9.17, 15) is 9.59 Å². The molecule has 2 aliphatic heterocycles. The molecule has 0 saturated carbocycles. The molecule has 3 aromatic rings. The van der Waals surface area contributed by atoms with E-state index in [4.69, 9.17) is 0 Å². The van der Waals surface area contributed by atoms with Gasteiger partial charge in [0.05, 0.1) is 27.4 Å². The fourth-order valence-electron chi connectivity index (χ4n) is 4.20. The minimum Gasteiger partial charge on any atom is -0.336 e. The summed E-state index contributed by atoms with van der Waals surface area (Å²) in [5.41, 5.74) is 2.66. The molecule has 1 atom stereocenters. The maximum atomic E-state index is 13.1. The van der Waals surface area contributed by atoms with Crippen LogP contribution in [0.25, 0.3) is 0 Å². The van der Waals surface area contributed by atoms with Crippen LogP contribution in [-0.2, 0) is 5.41 Å². The second kappa shape index (κ2) is 6.49. The van der Waals surface area contributed by atoms with Gasteiger partial charge in [0.1, 0.15) is 5.69 Å². The van der Waals surface area contributed by atoms with Crippen molar-refractivity contribution in [1.82, 2.24) is 14.9 Å². The zero-order valence-corrected chi connectivity index (χ0v) is 16.9. The number of hydrogen-bond acceptors (Lipinski definition) is 6. The predicted octanol–water partition coefficient (Wildman–Crippen LogP) is 3.35. The highest BCUT2D eigenvalue weighted by atomic mass is 32.1. The van der Waals surface area contributed by atoms with E-state index >= 15 is 0 Å². The standard InChI is InChI=1S/C20H18N4O2S2/c1-13-22-15(10-28-13)19(26)23-7-5-20(11-23)12-24(16-3-2-6-21-17(16)20)18(25)14-4-8-27-9-14/h2-4,6,8-10H,5,7,11-12H2,1H3/t20-/m1/s1. The van der Waals surface area contributed by atoms with Gasteiger partial charge in [0.15, 0.2) is 0 Å². The van der Waals surface area contributed by atoms with Gasteiger partial charge in [-0.15, -0.1) is 11.3 Å². The summed E-state index contributed by atoms with van der Waals surface area (Å²) in [5, 5.41) is 6.49. The molecule has 0 bridgehead atoms. The van der Waals surface area contributed by atoms with Crippen molar-refractivity contribution in [1.29, 1.82) is 0 Å². The van der Waals surface area contributed by atoms with Crippen molar-refractivity contribution in [2.45, 2.75) is 18.8 Å². The topological polar surface area (TPSA) is 66.4 Å². The summed E-state index contributed by atoms with van der Waals surface area (Å²) in [7, 11) is 0. The van der Waals surface area contributed by atoms with E-state index < -0.39 is 0 Å². The molecule has 3 aromatic heterocycles. The molecule has 2 amide bonds. The lowest BCUT2D eigenvalue weighted by atomic mass is 9.85. The molecule has 28 heavy (non-hydrogen) atoms. The van der Waals surface area contributed by atoms with Gasteiger partial charge < -0.3 is 9.80 Å². The van der Waals surface area contributed by atoms with Crippen LogP contribution in [0.2, 0.25) is 0 Å². The first-order chi connectivity index (χ1) is 13.6. The van der Waals surface area contributed by atoms with Crippen molar-refractivity contribution in [2.24, 2.45) is 0 Å². The number of carbonyl (C=O) groups is 2. The van der Waals surface area contributed by atoms with E-state index in [1.165, 1.54) is 22.7 Å². The van der Waals surface area contributed by atoms with Crippen molar-refractivity contribution in [3.05, 3.63) is 62.5 Å². The molecule has 2 aliphatic rings. The fourth-order valence-corrected chi connectivity index (χ4v) is 5.42. The lowest BCUT2D eigenvalue weighted by Gasteiger charge is -2.24. The van der Waals surface area contributed by atoms with E-state index in [1.54, 1.807) is 6.20 Å². The number of fused-ring (bicyclic) bond motifs is 2. The van der Waals surface area contributed by atoms with Crippen molar-refractivity contribution in [3.63, 3.8) is 0 Å². The third-order valence-electron chi connectivity index (χ3n) is 5.53. The minimum atomic E-state index is -0.316. The van der Waals surface area contributed by atoms with Crippen molar-refractivity contribution < 1.29 is 9.59 Å². The maximum Gasteiger partial charge on any atom is 0.273 e. The molecule has 1 spiro atoms. The van der Waals surface area contributed by atoms with Gasteiger partial charge in [-0.3, -0.25) is 14.6 Å². The Labute approximate surface area is 170 Å². The molecule has 6 nitrogen and oxygen atoms in total. The van der Waals surface area contributed by atoms with E-state index in [0.29, 0.717) is 30.9 Å². The molecule has 0 radical (unpaired) electrons. The van der Waals surface area contributed by atoms with Crippen molar-refractivity contribution >= 4 is 40.2 Å². The van der Waals surface area contributed by atoms with Gasteiger partial charge in [-0.05, 0) is 36.9 Å². The monoisotopic (exact) mass is 410 g/mol. The maximum absolute atomic E-state index is 13.1. The molecule has 0 N–H and O–H groups in total. The Morgan fingerprint density at radius 1 is 1.18 bits per heavy atom. The van der Waals surface area contributed by atoms with Gasteiger partial charge in [0, 0.05) is 36.6 Å². The molecule has 8 heteroatoms. The summed E-state index contributed by atoms with van der Waals surface area (Å²) in [6, 6.07) is 5.67. The summed E-state index contributed by atoms with van der Waals surface area (Å²) < 4.78 is 0. The molecule has 1 saturated heterocycles. The molecular weight excluding hydrogens is 392 g/mol. The number of thiazole rings is 1. The number of pyridine rings is 1. The summed E-state index contributed by atoms with van der Waals surface area (Å²) in [6.45, 7) is 3.65. The van der Waals surface area contributed by atoms with Gasteiger partial charge >= 0.3 is 0 Å². The Kier molecular flexibility index (Phi) is 4.06. The Bertz CT molecular complexity index is 1060. The van der Waals surface area contributed by atoms with Crippen LogP contribution in [0.1, 0.15) is 38.0 Å². The lowest BCUT2D eigenvalue weighted by Crippen LogP contribution is -2.40. The van der Waals surface area contributed by atoms with Gasteiger partial charge in [0.25, 0.3) is 11.8 Å². The van der Waals surface area contributed by atoms with E-state index in [0.717, 1.165) is 22.8 Å². The summed E-state index contributed by atoms with van der Waals surface area (Å²) >= 11 is 3.00. The Balaban J connectivity index is 1.46. The second-order valence-corrected chi connectivity index (χ2v) is 9.13. The van der Waals surface area contributed by atoms with Crippen molar-refractivity contribution in [2.75, 3.05) is 24.5 Å². The quantitative estimate of drug-likeness (QED) is 0.650. The largest absolute Gasteiger partial charge is 0.336 e. The van der Waals surface area contributed by atoms with Gasteiger partial charge in [-0.2, -0.15) is 11.3 Å². The number of likely N-dealkylation sites (tertiary alicyclic amines) is 1. The Morgan fingerprint density at radius 3 is 2.82 bits per heavy atom. The van der Waals surface area contributed by atoms with E-state index in [1.807, 2.05) is 51.1 Å². The molecule has 1 fully saturated rings. The highest BCUT2D eigenvalue weighted by Gasteiger charge is 2.51. The zero-order chi connectivity index (χ0) is 19.3. The zero-order valence-electron chi connectivity index (χ0n) is 15.3. The first-order valence-corrected chi connectivity index (χ1v) is 10.9. The average Bonchev–Trinajstić information content (AvgIpc) is 3.49. The normalized spacial score (nSPS) is 20.8. The number of nitrogens with zero attached hydrogens (tertiary/aromatic N) is 4. The van der Waals surface area contributed by atoms with Crippen LogP contribution < -0.4 is 4.90 Å². The highest BCUT2D eigenvalue weighted by Crippen LogP contribution is 2.45. The first-order valence-electron chi connectivity index (χ1n) is 9.08. The van der Waals surface area contributed by atoms with Gasteiger partial charge in [-0.1, -0.05) is 0 Å². The highest BCUT2D eigenvalue weighted by molar-refractivity contribution is 7.09. The van der Waals surface area contributed by atoms with Gasteiger partial charge in [-0.25, -0.2) is 4.98 Å². The number of anilines is 1. The Morgan fingerprint density at radius 2 is 2.07 bits per heavy atom. The summed E-state index contributed by atoms with van der Waals surface area (Å²) in [5.74, 6) is -0.0476. The summed E-state index contributed by atoms with van der Waals surface area (Å²) in [6.07, 6.45) is 2.56. The van der Waals surface area contributed by atoms with Gasteiger partial charge in [0.2, 0.25) is 0 Å². The number of hydrogen-bond donors (Lipinski definition) is 0. The molecular formula is C20H18N4O2S2. The molecule has 142 valence electrons. The molecule has 5 heterocycles. The van der Waals surface area contributed by atoms with E-state index in [2.05, 4.69) is 9.97 Å². The van der Waals surface area contributed by atoms with Crippen LogP contribution in [0.4, 0.5) is 5.69 Å².